The van der Waals surface area contributed by atoms with Gasteiger partial charge in [-0.15, -0.1) is 0 Å². The number of nitrogens with one attached hydrogen (secondary N) is 1. The van der Waals surface area contributed by atoms with E-state index < -0.39 is 0 Å². The molecule has 1 N–H and O–H groups in total. The molecule has 1 heterocycles. The molecule has 0 bridgehead atoms. The van der Waals surface area contributed by atoms with Crippen molar-refractivity contribution >= 4 is 5.97 Å². The van der Waals surface area contributed by atoms with Gasteiger partial charge >= 0.3 is 5.97 Å². The molecule has 0 spiro atoms. The van der Waals surface area contributed by atoms with Crippen LogP contribution in [-0.2, 0) is 9.53 Å². The molecule has 2 aliphatic rings. The highest BCUT2D eigenvalue weighted by Gasteiger charge is 2.34. The van der Waals surface area contributed by atoms with Crippen molar-refractivity contribution < 1.29 is 9.53 Å². The second-order valence-electron chi connectivity index (χ2n) is 6.67. The SMILES string of the molecule is CCC(C)C(=O)OC(C1CCCCC1)C1CCCCN1. The minimum absolute atomic E-state index is 0.00967. The summed E-state index contributed by atoms with van der Waals surface area (Å²) in [4.78, 5) is 12.2. The largest absolute Gasteiger partial charge is 0.460 e. The Hall–Kier alpha value is -0.570. The molecule has 1 aliphatic heterocycles. The lowest BCUT2D eigenvalue weighted by Crippen LogP contribution is -2.49. The Labute approximate surface area is 123 Å². The van der Waals surface area contributed by atoms with Crippen LogP contribution in [0.1, 0.15) is 71.6 Å². The Morgan fingerprint density at radius 3 is 2.45 bits per heavy atom. The van der Waals surface area contributed by atoms with E-state index in [1.165, 1.54) is 44.9 Å². The first-order valence-electron chi connectivity index (χ1n) is 8.66. The fourth-order valence-corrected chi connectivity index (χ4v) is 3.55. The van der Waals surface area contributed by atoms with Gasteiger partial charge in [0.15, 0.2) is 0 Å². The summed E-state index contributed by atoms with van der Waals surface area (Å²) in [6.45, 7) is 5.11. The Morgan fingerprint density at radius 1 is 1.15 bits per heavy atom. The monoisotopic (exact) mass is 281 g/mol. The van der Waals surface area contributed by atoms with Crippen molar-refractivity contribution in [2.75, 3.05) is 6.54 Å². The Kier molecular flexibility index (Phi) is 6.34. The number of rotatable bonds is 5. The molecular weight excluding hydrogens is 250 g/mol. The maximum Gasteiger partial charge on any atom is 0.308 e. The van der Waals surface area contributed by atoms with Crippen LogP contribution in [0.2, 0.25) is 0 Å². The zero-order valence-corrected chi connectivity index (χ0v) is 13.2. The summed E-state index contributed by atoms with van der Waals surface area (Å²) >= 11 is 0. The van der Waals surface area contributed by atoms with Gasteiger partial charge < -0.3 is 10.1 Å². The second-order valence-corrected chi connectivity index (χ2v) is 6.67. The minimum Gasteiger partial charge on any atom is -0.460 e. The zero-order chi connectivity index (χ0) is 14.4. The fourth-order valence-electron chi connectivity index (χ4n) is 3.55. The quantitative estimate of drug-likeness (QED) is 0.781. The van der Waals surface area contributed by atoms with Crippen LogP contribution < -0.4 is 5.32 Å². The van der Waals surface area contributed by atoms with Gasteiger partial charge in [-0.3, -0.25) is 4.79 Å². The predicted octanol–water partition coefficient (Wildman–Crippen LogP) is 3.67. The molecule has 0 aromatic rings. The highest BCUT2D eigenvalue weighted by molar-refractivity contribution is 5.72. The van der Waals surface area contributed by atoms with Gasteiger partial charge in [-0.25, -0.2) is 0 Å². The predicted molar refractivity (Wildman–Crippen MR) is 81.6 cm³/mol. The summed E-state index contributed by atoms with van der Waals surface area (Å²) in [6, 6.07) is 0.389. The van der Waals surface area contributed by atoms with Gasteiger partial charge in [-0.1, -0.05) is 39.5 Å². The van der Waals surface area contributed by atoms with Crippen LogP contribution in [-0.4, -0.2) is 24.7 Å². The van der Waals surface area contributed by atoms with E-state index in [1.807, 2.05) is 6.92 Å². The summed E-state index contributed by atoms with van der Waals surface area (Å²) < 4.78 is 5.98. The summed E-state index contributed by atoms with van der Waals surface area (Å²) in [5.41, 5.74) is 0. The van der Waals surface area contributed by atoms with Gasteiger partial charge in [0.1, 0.15) is 6.10 Å². The molecule has 0 aromatic carbocycles. The Balaban J connectivity index is 2.00. The van der Waals surface area contributed by atoms with Crippen LogP contribution in [0.15, 0.2) is 0 Å². The lowest BCUT2D eigenvalue weighted by Gasteiger charge is -2.38. The Bertz CT molecular complexity index is 275. The van der Waals surface area contributed by atoms with Crippen molar-refractivity contribution in [2.45, 2.75) is 83.8 Å². The van der Waals surface area contributed by atoms with E-state index in [0.29, 0.717) is 12.0 Å². The number of hydrogen-bond donors (Lipinski definition) is 1. The molecule has 1 aliphatic carbocycles. The summed E-state index contributed by atoms with van der Waals surface area (Å²) in [6.07, 6.45) is 11.1. The summed E-state index contributed by atoms with van der Waals surface area (Å²) in [5, 5.41) is 3.60. The third-order valence-corrected chi connectivity index (χ3v) is 5.13. The number of piperidine rings is 1. The van der Waals surface area contributed by atoms with E-state index in [2.05, 4.69) is 12.2 Å². The molecule has 2 rings (SSSR count). The number of carbonyl (C=O) groups excluding carboxylic acids is 1. The Morgan fingerprint density at radius 2 is 1.85 bits per heavy atom. The molecule has 3 atom stereocenters. The molecular formula is C17H31NO2. The maximum atomic E-state index is 12.2. The molecule has 3 unspecified atom stereocenters. The second kappa shape index (κ2) is 8.02. The first-order chi connectivity index (χ1) is 9.72. The molecule has 3 heteroatoms. The first kappa shape index (κ1) is 15.8. The highest BCUT2D eigenvalue weighted by Crippen LogP contribution is 2.32. The van der Waals surface area contributed by atoms with E-state index in [4.69, 9.17) is 4.74 Å². The van der Waals surface area contributed by atoms with Gasteiger partial charge in [0.05, 0.1) is 5.92 Å². The smallest absolute Gasteiger partial charge is 0.308 e. The van der Waals surface area contributed by atoms with Crippen LogP contribution in [0, 0.1) is 11.8 Å². The van der Waals surface area contributed by atoms with Crippen LogP contribution in [0.25, 0.3) is 0 Å². The average Bonchev–Trinajstić information content (AvgIpc) is 2.53. The molecule has 1 saturated heterocycles. The van der Waals surface area contributed by atoms with Crippen molar-refractivity contribution in [3.05, 3.63) is 0 Å². The molecule has 0 amide bonds. The molecule has 0 radical (unpaired) electrons. The van der Waals surface area contributed by atoms with E-state index in [9.17, 15) is 4.79 Å². The van der Waals surface area contributed by atoms with E-state index >= 15 is 0 Å². The summed E-state index contributed by atoms with van der Waals surface area (Å²) in [5.74, 6) is 0.618. The molecule has 0 aromatic heterocycles. The number of hydrogen-bond acceptors (Lipinski definition) is 3. The number of carbonyl (C=O) groups is 1. The lowest BCUT2D eigenvalue weighted by atomic mass is 9.80. The van der Waals surface area contributed by atoms with Crippen molar-refractivity contribution in [2.24, 2.45) is 11.8 Å². The van der Waals surface area contributed by atoms with Crippen molar-refractivity contribution in [1.82, 2.24) is 5.32 Å². The molecule has 2 fully saturated rings. The highest BCUT2D eigenvalue weighted by atomic mass is 16.5. The first-order valence-corrected chi connectivity index (χ1v) is 8.66. The van der Waals surface area contributed by atoms with Crippen LogP contribution >= 0.6 is 0 Å². The van der Waals surface area contributed by atoms with Crippen LogP contribution in [0.3, 0.4) is 0 Å². The lowest BCUT2D eigenvalue weighted by molar-refractivity contribution is -0.159. The maximum absolute atomic E-state index is 12.2. The topological polar surface area (TPSA) is 38.3 Å². The van der Waals surface area contributed by atoms with Gasteiger partial charge in [-0.2, -0.15) is 0 Å². The molecule has 116 valence electrons. The van der Waals surface area contributed by atoms with E-state index in [1.54, 1.807) is 0 Å². The van der Waals surface area contributed by atoms with Crippen molar-refractivity contribution in [3.63, 3.8) is 0 Å². The van der Waals surface area contributed by atoms with Crippen LogP contribution in [0.4, 0.5) is 0 Å². The fraction of sp³-hybridized carbons (Fsp3) is 0.941. The van der Waals surface area contributed by atoms with Gasteiger partial charge in [0, 0.05) is 6.04 Å². The van der Waals surface area contributed by atoms with E-state index in [0.717, 1.165) is 19.4 Å². The number of ether oxygens (including phenoxy) is 1. The number of esters is 1. The normalized spacial score (nSPS) is 27.8. The standard InChI is InChI=1S/C17H31NO2/c1-3-13(2)17(19)20-16(14-9-5-4-6-10-14)15-11-7-8-12-18-15/h13-16,18H,3-12H2,1-2H3. The molecule has 1 saturated carbocycles. The molecule has 20 heavy (non-hydrogen) atoms. The van der Waals surface area contributed by atoms with Gasteiger partial charge in [-0.05, 0) is 44.6 Å². The zero-order valence-electron chi connectivity index (χ0n) is 13.2. The van der Waals surface area contributed by atoms with E-state index in [-0.39, 0.29) is 18.0 Å². The third kappa shape index (κ3) is 4.21. The average molecular weight is 281 g/mol. The van der Waals surface area contributed by atoms with Crippen LogP contribution in [0.5, 0.6) is 0 Å². The van der Waals surface area contributed by atoms with Gasteiger partial charge in [0.2, 0.25) is 0 Å². The van der Waals surface area contributed by atoms with Crippen molar-refractivity contribution in [3.8, 4) is 0 Å². The minimum atomic E-state index is 0.00967. The third-order valence-electron chi connectivity index (χ3n) is 5.13. The van der Waals surface area contributed by atoms with Gasteiger partial charge in [0.25, 0.3) is 0 Å². The summed E-state index contributed by atoms with van der Waals surface area (Å²) in [7, 11) is 0. The van der Waals surface area contributed by atoms with Crippen molar-refractivity contribution in [1.29, 1.82) is 0 Å². The molecule has 3 nitrogen and oxygen atoms in total.